The average molecular weight is 383 g/mol. The summed E-state index contributed by atoms with van der Waals surface area (Å²) in [4.78, 5) is 11.9. The van der Waals surface area contributed by atoms with Gasteiger partial charge < -0.3 is 5.32 Å². The quantitative estimate of drug-likeness (QED) is 0.748. The molecule has 0 fully saturated rings. The largest absolute Gasteiger partial charge is 0.300 e. The summed E-state index contributed by atoms with van der Waals surface area (Å²) in [7, 11) is -3.77. The number of amides is 1. The van der Waals surface area contributed by atoms with E-state index >= 15 is 0 Å². The van der Waals surface area contributed by atoms with Crippen LogP contribution < -0.4 is 10.0 Å². The number of sulfonamides is 1. The van der Waals surface area contributed by atoms with Crippen LogP contribution >= 0.6 is 11.3 Å². The molecule has 0 aliphatic carbocycles. The highest BCUT2D eigenvalue weighted by Gasteiger charge is 2.25. The lowest BCUT2D eigenvalue weighted by atomic mass is 9.96. The van der Waals surface area contributed by atoms with Crippen LogP contribution in [-0.4, -0.2) is 31.1 Å². The van der Waals surface area contributed by atoms with Gasteiger partial charge in [0.05, 0.1) is 0 Å². The van der Waals surface area contributed by atoms with Crippen LogP contribution in [-0.2, 0) is 14.8 Å². The smallest absolute Gasteiger partial charge is 0.269 e. The van der Waals surface area contributed by atoms with E-state index in [0.29, 0.717) is 0 Å². The van der Waals surface area contributed by atoms with E-state index in [1.54, 1.807) is 20.8 Å². The van der Waals surface area contributed by atoms with Crippen molar-refractivity contribution in [1.29, 1.82) is 0 Å². The van der Waals surface area contributed by atoms with Crippen molar-refractivity contribution in [2.75, 3.05) is 11.9 Å². The number of carbonyl (C=O) groups excluding carboxylic acids is 1. The van der Waals surface area contributed by atoms with Gasteiger partial charge in [0.2, 0.25) is 15.4 Å². The van der Waals surface area contributed by atoms with Crippen molar-refractivity contribution < 1.29 is 13.2 Å². The second-order valence-corrected chi connectivity index (χ2v) is 9.66. The molecule has 0 saturated heterocycles. The number of anilines is 1. The first-order chi connectivity index (χ1) is 11.6. The Morgan fingerprint density at radius 1 is 1.20 bits per heavy atom. The molecular formula is C16H22N4O3S2. The van der Waals surface area contributed by atoms with Crippen molar-refractivity contribution in [2.24, 2.45) is 5.41 Å². The van der Waals surface area contributed by atoms with Gasteiger partial charge in [0.15, 0.2) is 0 Å². The zero-order chi connectivity index (χ0) is 18.7. The fourth-order valence-electron chi connectivity index (χ4n) is 1.85. The molecule has 7 nitrogen and oxygen atoms in total. The van der Waals surface area contributed by atoms with Gasteiger partial charge >= 0.3 is 0 Å². The van der Waals surface area contributed by atoms with Crippen LogP contribution in [0.15, 0.2) is 34.7 Å². The normalized spacial score (nSPS) is 13.4. The number of nitrogens with one attached hydrogen (secondary N) is 2. The molecule has 2 N–H and O–H groups in total. The number of benzene rings is 1. The summed E-state index contributed by atoms with van der Waals surface area (Å²) in [5, 5.41) is 10.2. The molecule has 0 unspecified atom stereocenters. The molecule has 0 saturated carbocycles. The number of hydrogen-bond acceptors (Lipinski definition) is 6. The summed E-state index contributed by atoms with van der Waals surface area (Å²) in [6.07, 6.45) is 0. The van der Waals surface area contributed by atoms with Gasteiger partial charge in [0.25, 0.3) is 10.0 Å². The molecule has 2 aromatic rings. The van der Waals surface area contributed by atoms with Crippen molar-refractivity contribution in [3.05, 3.63) is 35.9 Å². The molecule has 2 rings (SSSR count). The van der Waals surface area contributed by atoms with Gasteiger partial charge in [-0.05, 0) is 11.5 Å². The minimum atomic E-state index is -3.77. The van der Waals surface area contributed by atoms with Crippen LogP contribution in [0.5, 0.6) is 0 Å². The summed E-state index contributed by atoms with van der Waals surface area (Å²) in [5.74, 6) is -0.234. The summed E-state index contributed by atoms with van der Waals surface area (Å²) in [6.45, 7) is 7.46. The molecule has 0 aliphatic rings. The van der Waals surface area contributed by atoms with Gasteiger partial charge in [-0.25, -0.2) is 13.1 Å². The molecular weight excluding hydrogens is 360 g/mol. The average Bonchev–Trinajstić information content (AvgIpc) is 3.02. The lowest BCUT2D eigenvalue weighted by Crippen LogP contribution is -2.27. The molecule has 0 aliphatic heterocycles. The highest BCUT2D eigenvalue weighted by Crippen LogP contribution is 2.23. The first-order valence-corrected chi connectivity index (χ1v) is 10.1. The maximum atomic E-state index is 12.3. The van der Waals surface area contributed by atoms with Gasteiger partial charge in [-0.1, -0.05) is 69.4 Å². The van der Waals surface area contributed by atoms with Crippen LogP contribution in [0.1, 0.15) is 39.2 Å². The van der Waals surface area contributed by atoms with E-state index in [1.165, 1.54) is 0 Å². The van der Waals surface area contributed by atoms with E-state index in [1.807, 2.05) is 37.3 Å². The van der Waals surface area contributed by atoms with E-state index < -0.39 is 15.4 Å². The topological polar surface area (TPSA) is 101 Å². The molecule has 9 heteroatoms. The standard InChI is InChI=1S/C16H22N4O3S2/c1-11(12-8-6-5-7-9-12)10-17-25(22,23)15-20-19-14(24-15)18-13(21)16(2,3)4/h5-9,11,17H,10H2,1-4H3,(H,18,19,21)/t11-/m0/s1. The Morgan fingerprint density at radius 3 is 2.44 bits per heavy atom. The van der Waals surface area contributed by atoms with Crippen LogP contribution in [0.2, 0.25) is 0 Å². The third-order valence-electron chi connectivity index (χ3n) is 3.49. The Hall–Kier alpha value is -1.84. The number of aromatic nitrogens is 2. The highest BCUT2D eigenvalue weighted by molar-refractivity contribution is 7.91. The summed E-state index contributed by atoms with van der Waals surface area (Å²) < 4.78 is 27.1. The summed E-state index contributed by atoms with van der Waals surface area (Å²) in [6, 6.07) is 9.63. The molecule has 1 heterocycles. The Morgan fingerprint density at radius 2 is 1.84 bits per heavy atom. The van der Waals surface area contributed by atoms with E-state index in [4.69, 9.17) is 0 Å². The number of hydrogen-bond donors (Lipinski definition) is 2. The van der Waals surface area contributed by atoms with Crippen molar-refractivity contribution in [3.63, 3.8) is 0 Å². The van der Waals surface area contributed by atoms with Crippen LogP contribution in [0.3, 0.4) is 0 Å². The Labute approximate surface area is 151 Å². The van der Waals surface area contributed by atoms with Crippen molar-refractivity contribution in [3.8, 4) is 0 Å². The molecule has 1 amide bonds. The predicted octanol–water partition coefficient (Wildman–Crippen LogP) is 2.60. The van der Waals surface area contributed by atoms with Crippen molar-refractivity contribution >= 4 is 32.4 Å². The van der Waals surface area contributed by atoms with Crippen molar-refractivity contribution in [1.82, 2.24) is 14.9 Å². The third-order valence-corrected chi connectivity index (χ3v) is 6.12. The Balaban J connectivity index is 2.02. The SMILES string of the molecule is C[C@@H](CNS(=O)(=O)c1nnc(NC(=O)C(C)(C)C)s1)c1ccccc1. The Bertz CT molecular complexity index is 827. The van der Waals surface area contributed by atoms with Gasteiger partial charge in [0, 0.05) is 12.0 Å². The maximum Gasteiger partial charge on any atom is 0.269 e. The molecule has 1 atom stereocenters. The summed E-state index contributed by atoms with van der Waals surface area (Å²) in [5.41, 5.74) is 0.439. The van der Waals surface area contributed by atoms with E-state index in [-0.39, 0.29) is 27.8 Å². The highest BCUT2D eigenvalue weighted by atomic mass is 32.2. The molecule has 1 aromatic heterocycles. The minimum Gasteiger partial charge on any atom is -0.300 e. The van der Waals surface area contributed by atoms with Gasteiger partial charge in [-0.15, -0.1) is 10.2 Å². The molecule has 0 bridgehead atoms. The lowest BCUT2D eigenvalue weighted by Gasteiger charge is -2.15. The second kappa shape index (κ2) is 7.59. The van der Waals surface area contributed by atoms with Gasteiger partial charge in [0.1, 0.15) is 0 Å². The molecule has 25 heavy (non-hydrogen) atoms. The predicted molar refractivity (Wildman–Crippen MR) is 98.0 cm³/mol. The molecule has 1 aromatic carbocycles. The summed E-state index contributed by atoms with van der Waals surface area (Å²) >= 11 is 0.827. The first-order valence-electron chi connectivity index (χ1n) is 7.79. The molecule has 0 radical (unpaired) electrons. The van der Waals surface area contributed by atoms with Crippen LogP contribution in [0.25, 0.3) is 0 Å². The van der Waals surface area contributed by atoms with Gasteiger partial charge in [-0.2, -0.15) is 0 Å². The maximum absolute atomic E-state index is 12.3. The van der Waals surface area contributed by atoms with Crippen LogP contribution in [0.4, 0.5) is 5.13 Å². The van der Waals surface area contributed by atoms with E-state index in [2.05, 4.69) is 20.2 Å². The minimum absolute atomic E-state index is 0.0176. The monoisotopic (exact) mass is 382 g/mol. The second-order valence-electron chi connectivity index (χ2n) is 6.74. The fraction of sp³-hybridized carbons (Fsp3) is 0.438. The molecule has 136 valence electrons. The van der Waals surface area contributed by atoms with E-state index in [9.17, 15) is 13.2 Å². The number of rotatable bonds is 6. The Kier molecular flexibility index (Phi) is 5.91. The molecule has 0 spiro atoms. The lowest BCUT2D eigenvalue weighted by molar-refractivity contribution is -0.123. The van der Waals surface area contributed by atoms with Crippen molar-refractivity contribution in [2.45, 2.75) is 38.0 Å². The zero-order valence-corrected chi connectivity index (χ0v) is 16.2. The van der Waals surface area contributed by atoms with Crippen LogP contribution in [0, 0.1) is 5.41 Å². The first kappa shape index (κ1) is 19.5. The zero-order valence-electron chi connectivity index (χ0n) is 14.6. The van der Waals surface area contributed by atoms with Gasteiger partial charge in [-0.3, -0.25) is 4.79 Å². The third kappa shape index (κ3) is 5.32. The fourth-order valence-corrected chi connectivity index (χ4v) is 3.92. The van der Waals surface area contributed by atoms with E-state index in [0.717, 1.165) is 16.9 Å². The number of nitrogens with zero attached hydrogens (tertiary/aromatic N) is 2. The number of carbonyl (C=O) groups is 1.